The van der Waals surface area contributed by atoms with Crippen LogP contribution >= 0.6 is 11.8 Å². The van der Waals surface area contributed by atoms with Gasteiger partial charge in [-0.05, 0) is 78.9 Å². The first kappa shape index (κ1) is 26.5. The van der Waals surface area contributed by atoms with Crippen molar-refractivity contribution in [3.8, 4) is 17.2 Å². The highest BCUT2D eigenvalue weighted by Gasteiger charge is 2.35. The van der Waals surface area contributed by atoms with Gasteiger partial charge in [0.1, 0.15) is 24.0 Å². The summed E-state index contributed by atoms with van der Waals surface area (Å²) in [5.74, 6) is 2.03. The van der Waals surface area contributed by atoms with Gasteiger partial charge in [-0.2, -0.15) is 15.1 Å². The molecule has 1 N–H and O–H groups in total. The number of thioether (sulfide) groups is 1. The largest absolute Gasteiger partial charge is 0.490 e. The second-order valence-corrected chi connectivity index (χ2v) is 9.62. The van der Waals surface area contributed by atoms with Gasteiger partial charge in [-0.3, -0.25) is 10.2 Å². The van der Waals surface area contributed by atoms with Crippen LogP contribution in [0.15, 0.2) is 58.1 Å². The highest BCUT2D eigenvalue weighted by Crippen LogP contribution is 2.32. The Balaban J connectivity index is 1.41. The van der Waals surface area contributed by atoms with Crippen LogP contribution in [-0.4, -0.2) is 46.8 Å². The van der Waals surface area contributed by atoms with Crippen molar-refractivity contribution in [3.63, 3.8) is 0 Å². The third-order valence-corrected chi connectivity index (χ3v) is 7.10. The molecule has 2 aliphatic heterocycles. The van der Waals surface area contributed by atoms with Crippen LogP contribution in [0.25, 0.3) is 6.08 Å². The molecule has 0 radical (unpaired) electrons. The Bertz CT molecular complexity index is 1250. The van der Waals surface area contributed by atoms with Crippen LogP contribution in [-0.2, 0) is 4.79 Å². The lowest BCUT2D eigenvalue weighted by Crippen LogP contribution is -2.35. The average Bonchev–Trinajstić information content (AvgIpc) is 3.33. The highest BCUT2D eigenvalue weighted by atomic mass is 32.2. The molecular formula is C28H32N4O4S. The summed E-state index contributed by atoms with van der Waals surface area (Å²) in [4.78, 5) is 16.7. The van der Waals surface area contributed by atoms with Gasteiger partial charge < -0.3 is 14.2 Å². The average molecular weight is 521 g/mol. The van der Waals surface area contributed by atoms with Gasteiger partial charge in [0.15, 0.2) is 17.3 Å². The van der Waals surface area contributed by atoms with Crippen molar-refractivity contribution >= 4 is 39.8 Å². The Morgan fingerprint density at radius 2 is 1.78 bits per heavy atom. The van der Waals surface area contributed by atoms with Crippen LogP contribution in [0.3, 0.4) is 0 Å². The monoisotopic (exact) mass is 520 g/mol. The Kier molecular flexibility index (Phi) is 8.66. The minimum absolute atomic E-state index is 0.0126. The fraction of sp³-hybridized carbons (Fsp3) is 0.357. The van der Waals surface area contributed by atoms with Gasteiger partial charge in [-0.25, -0.2) is 0 Å². The van der Waals surface area contributed by atoms with E-state index in [2.05, 4.69) is 36.1 Å². The molecule has 0 fully saturated rings. The maximum absolute atomic E-state index is 12.6. The molecule has 1 atom stereocenters. The third-order valence-electron chi connectivity index (χ3n) is 6.05. The van der Waals surface area contributed by atoms with Crippen molar-refractivity contribution in [1.29, 1.82) is 5.41 Å². The molecule has 0 unspecified atom stereocenters. The lowest BCUT2D eigenvalue weighted by molar-refractivity contribution is -0.114. The molecule has 9 heteroatoms. The van der Waals surface area contributed by atoms with E-state index in [1.54, 1.807) is 18.2 Å². The van der Waals surface area contributed by atoms with Crippen LogP contribution in [0.4, 0.5) is 0 Å². The predicted octanol–water partition coefficient (Wildman–Crippen LogP) is 6.09. The van der Waals surface area contributed by atoms with E-state index in [-0.39, 0.29) is 11.4 Å². The summed E-state index contributed by atoms with van der Waals surface area (Å²) in [5.41, 5.74) is 2.18. The number of rotatable bonds is 11. The van der Waals surface area contributed by atoms with E-state index < -0.39 is 5.91 Å². The van der Waals surface area contributed by atoms with E-state index in [9.17, 15) is 4.79 Å². The molecule has 2 aliphatic rings. The van der Waals surface area contributed by atoms with Crippen LogP contribution in [0.1, 0.15) is 57.6 Å². The maximum atomic E-state index is 12.6. The molecule has 1 amide bonds. The molecule has 0 aliphatic carbocycles. The molecule has 37 heavy (non-hydrogen) atoms. The number of ether oxygens (including phenoxy) is 3. The van der Waals surface area contributed by atoms with Gasteiger partial charge in [0.05, 0.1) is 12.2 Å². The first-order chi connectivity index (χ1) is 17.9. The third kappa shape index (κ3) is 6.22. The number of nitrogens with zero attached hydrogens (tertiary/aromatic N) is 3. The molecule has 2 aromatic carbocycles. The number of hydrazone groups is 1. The molecule has 194 valence electrons. The molecule has 2 aromatic rings. The van der Waals surface area contributed by atoms with E-state index in [4.69, 9.17) is 19.6 Å². The lowest BCUT2D eigenvalue weighted by Gasteiger charge is -2.20. The maximum Gasteiger partial charge on any atom is 0.283 e. The zero-order valence-electron chi connectivity index (χ0n) is 21.6. The number of carbonyl (C=O) groups is 1. The van der Waals surface area contributed by atoms with E-state index in [1.165, 1.54) is 22.3 Å². The predicted molar refractivity (Wildman–Crippen MR) is 149 cm³/mol. The number of hydrogen-bond donors (Lipinski definition) is 1. The number of fused-ring (bicyclic) bond motifs is 1. The van der Waals surface area contributed by atoms with Gasteiger partial charge >= 0.3 is 0 Å². The van der Waals surface area contributed by atoms with Crippen molar-refractivity contribution in [3.05, 3.63) is 59.2 Å². The molecule has 2 heterocycles. The van der Waals surface area contributed by atoms with Crippen LogP contribution in [0.5, 0.6) is 17.2 Å². The van der Waals surface area contributed by atoms with E-state index >= 15 is 0 Å². The molecule has 0 saturated carbocycles. The van der Waals surface area contributed by atoms with Gasteiger partial charge in [-0.15, -0.1) is 0 Å². The van der Waals surface area contributed by atoms with Crippen molar-refractivity contribution < 1.29 is 19.0 Å². The van der Waals surface area contributed by atoms with Gasteiger partial charge in [0.25, 0.3) is 5.91 Å². The normalized spacial score (nSPS) is 16.9. The Hall–Kier alpha value is -3.59. The number of nitrogens with one attached hydrogen (secondary N) is 1. The fourth-order valence-corrected chi connectivity index (χ4v) is 4.61. The second kappa shape index (κ2) is 12.1. The minimum Gasteiger partial charge on any atom is -0.490 e. The standard InChI is InChI=1S/C28H32N4O4S/c1-5-18(4)20-9-11-21(12-10-20)35-14-15-36-23-13-8-19(17-24(23)34-7-3)16-22-26(29)32-28(30-27(22)33)37-25(6-2)31-32/h8-13,16-18,29H,5-7,14-15H2,1-4H3/b22-16-,29-26?/t18-/m0/s1. The molecule has 0 saturated heterocycles. The number of amidine groups is 2. The van der Waals surface area contributed by atoms with Crippen molar-refractivity contribution in [2.24, 2.45) is 10.1 Å². The summed E-state index contributed by atoms with van der Waals surface area (Å²) in [7, 11) is 0. The van der Waals surface area contributed by atoms with E-state index in [0.29, 0.717) is 48.0 Å². The first-order valence-electron chi connectivity index (χ1n) is 12.5. The minimum atomic E-state index is -0.455. The fourth-order valence-electron chi connectivity index (χ4n) is 3.78. The first-order valence-corrected chi connectivity index (χ1v) is 13.4. The molecule has 0 spiro atoms. The highest BCUT2D eigenvalue weighted by molar-refractivity contribution is 8.26. The van der Waals surface area contributed by atoms with Crippen LogP contribution in [0, 0.1) is 5.41 Å². The molecule has 0 bridgehead atoms. The summed E-state index contributed by atoms with van der Waals surface area (Å²) in [6.07, 6.45) is 3.45. The molecule has 4 rings (SSSR count). The van der Waals surface area contributed by atoms with Crippen molar-refractivity contribution in [2.75, 3.05) is 19.8 Å². The molecular weight excluding hydrogens is 488 g/mol. The van der Waals surface area contributed by atoms with Crippen LogP contribution < -0.4 is 14.2 Å². The van der Waals surface area contributed by atoms with Crippen LogP contribution in [0.2, 0.25) is 0 Å². The summed E-state index contributed by atoms with van der Waals surface area (Å²) in [6, 6.07) is 13.6. The Labute approximate surface area is 221 Å². The Morgan fingerprint density at radius 1 is 1.03 bits per heavy atom. The van der Waals surface area contributed by atoms with Gasteiger partial charge in [0.2, 0.25) is 5.17 Å². The van der Waals surface area contributed by atoms with E-state index in [1.807, 2.05) is 32.0 Å². The zero-order chi connectivity index (χ0) is 26.4. The Morgan fingerprint density at radius 3 is 2.49 bits per heavy atom. The summed E-state index contributed by atoms with van der Waals surface area (Å²) < 4.78 is 17.5. The number of carbonyl (C=O) groups excluding carboxylic acids is 1. The number of amides is 1. The van der Waals surface area contributed by atoms with Gasteiger partial charge in [0, 0.05) is 0 Å². The summed E-state index contributed by atoms with van der Waals surface area (Å²) in [6.45, 7) is 9.46. The van der Waals surface area contributed by atoms with Gasteiger partial charge in [-0.1, -0.05) is 39.0 Å². The molecule has 8 nitrogen and oxygen atoms in total. The number of aliphatic imine (C=N–C) groups is 1. The summed E-state index contributed by atoms with van der Waals surface area (Å²) >= 11 is 1.32. The molecule has 0 aromatic heterocycles. The zero-order valence-corrected chi connectivity index (χ0v) is 22.4. The van der Waals surface area contributed by atoms with E-state index in [0.717, 1.165) is 23.6 Å². The second-order valence-electron chi connectivity index (χ2n) is 8.58. The number of hydrogen-bond acceptors (Lipinski definition) is 7. The topological polar surface area (TPSA) is 96.6 Å². The SMILES string of the molecule is CCOc1cc(/C=C2/C(=N)N3N=C(CC)SC3=NC2=O)ccc1OCCOc1ccc([C@@H](C)CC)cc1. The van der Waals surface area contributed by atoms with Crippen molar-refractivity contribution in [1.82, 2.24) is 5.01 Å². The quantitative estimate of drug-likeness (QED) is 0.285. The van der Waals surface area contributed by atoms with Crippen molar-refractivity contribution in [2.45, 2.75) is 46.5 Å². The summed E-state index contributed by atoms with van der Waals surface area (Å²) in [5, 5.41) is 15.5. The lowest BCUT2D eigenvalue weighted by atomic mass is 9.99. The number of benzene rings is 2. The smallest absolute Gasteiger partial charge is 0.283 e.